The van der Waals surface area contributed by atoms with Gasteiger partial charge in [-0.3, -0.25) is 0 Å². The summed E-state index contributed by atoms with van der Waals surface area (Å²) in [7, 11) is 0. The predicted octanol–water partition coefficient (Wildman–Crippen LogP) is 5.56. The number of hydrogen-bond acceptors (Lipinski definition) is 6. The van der Waals surface area contributed by atoms with Gasteiger partial charge in [-0.1, -0.05) is 38.3 Å². The first-order chi connectivity index (χ1) is 16.4. The van der Waals surface area contributed by atoms with E-state index in [-0.39, 0.29) is 6.61 Å². The summed E-state index contributed by atoms with van der Waals surface area (Å²) in [5, 5.41) is 0. The van der Waals surface area contributed by atoms with Crippen LogP contribution in [0, 0.1) is 5.92 Å². The van der Waals surface area contributed by atoms with Gasteiger partial charge in [0.1, 0.15) is 5.75 Å². The Hall–Kier alpha value is -3.28. The molecule has 0 spiro atoms. The molecular formula is C28H36N2O4. The van der Waals surface area contributed by atoms with Gasteiger partial charge < -0.3 is 20.9 Å². The van der Waals surface area contributed by atoms with Gasteiger partial charge in [-0.15, -0.1) is 0 Å². The van der Waals surface area contributed by atoms with Crippen molar-refractivity contribution in [1.82, 2.24) is 0 Å². The van der Waals surface area contributed by atoms with Gasteiger partial charge in [0.05, 0.1) is 6.61 Å². The van der Waals surface area contributed by atoms with E-state index in [1.54, 1.807) is 18.2 Å². The predicted molar refractivity (Wildman–Crippen MR) is 135 cm³/mol. The fourth-order valence-electron chi connectivity index (χ4n) is 4.58. The number of nitrogens with two attached hydrogens (primary N) is 2. The number of nitrogen functional groups attached to an aromatic ring is 2. The third-order valence-electron chi connectivity index (χ3n) is 6.41. The fraction of sp³-hybridized carbons (Fsp3) is 0.429. The van der Waals surface area contributed by atoms with E-state index < -0.39 is 11.9 Å². The molecule has 0 atom stereocenters. The zero-order chi connectivity index (χ0) is 24.3. The summed E-state index contributed by atoms with van der Waals surface area (Å²) in [6.07, 6.45) is 11.6. The molecule has 0 heterocycles. The molecular weight excluding hydrogens is 428 g/mol. The minimum absolute atomic E-state index is 0.156. The molecule has 0 radical (unpaired) electrons. The molecule has 0 aromatic heterocycles. The van der Waals surface area contributed by atoms with Crippen molar-refractivity contribution in [3.05, 3.63) is 65.7 Å². The van der Waals surface area contributed by atoms with Crippen LogP contribution in [0.1, 0.15) is 68.9 Å². The van der Waals surface area contributed by atoms with Crippen LogP contribution in [0.2, 0.25) is 0 Å². The van der Waals surface area contributed by atoms with Crippen LogP contribution in [0.25, 0.3) is 0 Å². The molecule has 2 aromatic carbocycles. The lowest BCUT2D eigenvalue weighted by molar-refractivity contribution is -0.138. The van der Waals surface area contributed by atoms with Gasteiger partial charge in [0.15, 0.2) is 0 Å². The smallest absolute Gasteiger partial charge is 0.336 e. The number of ether oxygens (including phenoxy) is 2. The van der Waals surface area contributed by atoms with Crippen LogP contribution in [0.4, 0.5) is 11.4 Å². The lowest BCUT2D eigenvalue weighted by Crippen LogP contribution is -2.13. The molecule has 1 aliphatic carbocycles. The zero-order valence-electron chi connectivity index (χ0n) is 20.0. The summed E-state index contributed by atoms with van der Waals surface area (Å²) < 4.78 is 10.4. The lowest BCUT2D eigenvalue weighted by atomic mass is 9.77. The number of hydrogen-bond donors (Lipinski definition) is 2. The molecule has 4 N–H and O–H groups in total. The first-order valence-electron chi connectivity index (χ1n) is 12.2. The van der Waals surface area contributed by atoms with Gasteiger partial charge in [0.2, 0.25) is 0 Å². The Morgan fingerprint density at radius 3 is 2.24 bits per heavy atom. The molecule has 3 rings (SSSR count). The van der Waals surface area contributed by atoms with Gasteiger partial charge in [-0.05, 0) is 79.0 Å². The second-order valence-electron chi connectivity index (χ2n) is 9.11. The summed E-state index contributed by atoms with van der Waals surface area (Å²) in [6, 6.07) is 12.9. The van der Waals surface area contributed by atoms with E-state index in [2.05, 4.69) is 6.92 Å². The molecule has 0 saturated heterocycles. The maximum absolute atomic E-state index is 12.1. The van der Waals surface area contributed by atoms with Gasteiger partial charge in [0, 0.05) is 29.9 Å². The summed E-state index contributed by atoms with van der Waals surface area (Å²) >= 11 is 0. The first-order valence-corrected chi connectivity index (χ1v) is 12.2. The van der Waals surface area contributed by atoms with Crippen molar-refractivity contribution in [1.29, 1.82) is 0 Å². The number of anilines is 2. The highest BCUT2D eigenvalue weighted by atomic mass is 16.5. The largest absolute Gasteiger partial charge is 0.462 e. The molecule has 0 unspecified atom stereocenters. The number of carbonyl (C=O) groups excluding carboxylic acids is 2. The Morgan fingerprint density at radius 1 is 0.941 bits per heavy atom. The van der Waals surface area contributed by atoms with E-state index in [9.17, 15) is 9.59 Å². The van der Waals surface area contributed by atoms with Gasteiger partial charge >= 0.3 is 11.9 Å². The van der Waals surface area contributed by atoms with Crippen LogP contribution in [0.3, 0.4) is 0 Å². The lowest BCUT2D eigenvalue weighted by Gasteiger charge is -2.28. The molecule has 0 amide bonds. The molecule has 2 aromatic rings. The van der Waals surface area contributed by atoms with Crippen molar-refractivity contribution in [2.24, 2.45) is 5.92 Å². The Bertz CT molecular complexity index is 956. The van der Waals surface area contributed by atoms with Crippen LogP contribution in [0.15, 0.2) is 54.6 Å². The molecule has 1 saturated carbocycles. The first kappa shape index (κ1) is 25.3. The van der Waals surface area contributed by atoms with E-state index in [4.69, 9.17) is 20.9 Å². The second kappa shape index (κ2) is 12.8. The number of rotatable bonds is 10. The van der Waals surface area contributed by atoms with Crippen LogP contribution >= 0.6 is 0 Å². The van der Waals surface area contributed by atoms with Crippen molar-refractivity contribution < 1.29 is 19.1 Å². The monoisotopic (exact) mass is 464 g/mol. The number of benzene rings is 2. The van der Waals surface area contributed by atoms with Gasteiger partial charge in [-0.2, -0.15) is 0 Å². The topological polar surface area (TPSA) is 105 Å². The highest BCUT2D eigenvalue weighted by molar-refractivity contribution is 5.92. The normalized spacial score (nSPS) is 18.0. The van der Waals surface area contributed by atoms with Crippen molar-refractivity contribution in [3.63, 3.8) is 0 Å². The summed E-state index contributed by atoms with van der Waals surface area (Å²) in [6.45, 7) is 2.41. The Balaban J connectivity index is 1.39. The standard InChI is InChI=1S/C28H36N2O4/c1-2-3-4-20-5-7-22(8-6-20)23-9-11-26(12-10-23)34-28(32)14-13-27(31)33-16-15-21-17-24(29)19-25(30)18-21/h9-14,17-20,22H,2-8,15-16,29-30H2,1H3/b14-13-. The zero-order valence-corrected chi connectivity index (χ0v) is 20.0. The average Bonchev–Trinajstić information content (AvgIpc) is 2.82. The van der Waals surface area contributed by atoms with Crippen molar-refractivity contribution in [2.75, 3.05) is 18.1 Å². The minimum atomic E-state index is -0.621. The molecule has 0 aliphatic heterocycles. The minimum Gasteiger partial charge on any atom is -0.462 e. The molecule has 0 bridgehead atoms. The van der Waals surface area contributed by atoms with E-state index >= 15 is 0 Å². The van der Waals surface area contributed by atoms with Gasteiger partial charge in [-0.25, -0.2) is 9.59 Å². The van der Waals surface area contributed by atoms with Crippen LogP contribution in [-0.4, -0.2) is 18.5 Å². The highest BCUT2D eigenvalue weighted by Gasteiger charge is 2.22. The van der Waals surface area contributed by atoms with Crippen molar-refractivity contribution >= 4 is 23.3 Å². The molecule has 1 fully saturated rings. The van der Waals surface area contributed by atoms with E-state index in [0.29, 0.717) is 29.5 Å². The SMILES string of the molecule is CCCCC1CCC(c2ccc(OC(=O)/C=C\C(=O)OCCc3cc(N)cc(N)c3)cc2)CC1. The van der Waals surface area contributed by atoms with E-state index in [1.807, 2.05) is 24.3 Å². The fourth-order valence-corrected chi connectivity index (χ4v) is 4.58. The molecule has 6 nitrogen and oxygen atoms in total. The Labute approximate surface area is 202 Å². The molecule has 182 valence electrons. The molecule has 6 heteroatoms. The van der Waals surface area contributed by atoms with Crippen LogP contribution in [-0.2, 0) is 20.7 Å². The third-order valence-corrected chi connectivity index (χ3v) is 6.41. The maximum atomic E-state index is 12.1. The highest BCUT2D eigenvalue weighted by Crippen LogP contribution is 2.38. The van der Waals surface area contributed by atoms with E-state index in [1.165, 1.54) is 50.5 Å². The summed E-state index contributed by atoms with van der Waals surface area (Å²) in [5.41, 5.74) is 14.8. The van der Waals surface area contributed by atoms with E-state index in [0.717, 1.165) is 23.6 Å². The van der Waals surface area contributed by atoms with Gasteiger partial charge in [0.25, 0.3) is 0 Å². The third kappa shape index (κ3) is 8.25. The van der Waals surface area contributed by atoms with Crippen LogP contribution < -0.4 is 16.2 Å². The number of carbonyl (C=O) groups is 2. The van der Waals surface area contributed by atoms with Crippen molar-refractivity contribution in [2.45, 2.75) is 64.2 Å². The molecule has 1 aliphatic rings. The second-order valence-corrected chi connectivity index (χ2v) is 9.11. The Morgan fingerprint density at radius 2 is 1.59 bits per heavy atom. The molecule has 34 heavy (non-hydrogen) atoms. The quantitative estimate of drug-likeness (QED) is 0.206. The summed E-state index contributed by atoms with van der Waals surface area (Å²) in [5.74, 6) is 0.693. The number of esters is 2. The van der Waals surface area contributed by atoms with Crippen molar-refractivity contribution in [3.8, 4) is 5.75 Å². The number of unbranched alkanes of at least 4 members (excludes halogenated alkanes) is 1. The Kier molecular flexibility index (Phi) is 9.56. The van der Waals surface area contributed by atoms with Crippen LogP contribution in [0.5, 0.6) is 5.75 Å². The average molecular weight is 465 g/mol. The maximum Gasteiger partial charge on any atom is 0.336 e. The summed E-state index contributed by atoms with van der Waals surface area (Å²) in [4.78, 5) is 23.9.